The van der Waals surface area contributed by atoms with Crippen molar-refractivity contribution in [1.82, 2.24) is 30.0 Å². The van der Waals surface area contributed by atoms with Gasteiger partial charge in [0, 0.05) is 54.9 Å². The number of carbonyl (C=O) groups excluding carboxylic acids is 1. The van der Waals surface area contributed by atoms with Crippen LogP contribution in [0.15, 0.2) is 48.9 Å². The van der Waals surface area contributed by atoms with E-state index in [-0.39, 0.29) is 17.0 Å². The third-order valence-corrected chi connectivity index (χ3v) is 8.69. The van der Waals surface area contributed by atoms with Crippen LogP contribution in [-0.2, 0) is 23.9 Å². The van der Waals surface area contributed by atoms with Crippen molar-refractivity contribution in [2.75, 3.05) is 13.1 Å². The number of rotatable bonds is 3. The Bertz CT molecular complexity index is 1320. The molecule has 2 fully saturated rings. The van der Waals surface area contributed by atoms with Crippen LogP contribution < -0.4 is 5.32 Å². The summed E-state index contributed by atoms with van der Waals surface area (Å²) in [6.45, 7) is 2.44. The molecule has 4 aliphatic rings. The summed E-state index contributed by atoms with van der Waals surface area (Å²) < 4.78 is 2.17. The first-order valence-corrected chi connectivity index (χ1v) is 12.9. The monoisotopic (exact) mass is 466 g/mol. The van der Waals surface area contributed by atoms with Crippen molar-refractivity contribution in [2.45, 2.75) is 62.4 Å². The minimum Gasteiger partial charge on any atom is -0.328 e. The number of allylic oxidation sites excluding steroid dienone is 1. The Kier molecular flexibility index (Phi) is 4.63. The van der Waals surface area contributed by atoms with Crippen LogP contribution >= 0.6 is 0 Å². The van der Waals surface area contributed by atoms with Crippen LogP contribution in [-0.4, -0.2) is 43.8 Å². The lowest BCUT2D eigenvalue weighted by molar-refractivity contribution is 0.154. The molecule has 7 heteroatoms. The molecule has 7 rings (SSSR count). The molecule has 2 aliphatic heterocycles. The molecule has 178 valence electrons. The molecule has 5 heterocycles. The molecule has 2 aliphatic carbocycles. The van der Waals surface area contributed by atoms with Crippen LogP contribution in [0.1, 0.15) is 61.0 Å². The SMILES string of the molecule is O=C(NC1(c2cccnc2)CCC1)N1CCC2(CCn3nc(-c4cnc5c(c4)CCC=C5)cc32)C1. The highest BCUT2D eigenvalue weighted by atomic mass is 16.2. The summed E-state index contributed by atoms with van der Waals surface area (Å²) in [7, 11) is 0. The summed E-state index contributed by atoms with van der Waals surface area (Å²) >= 11 is 0. The predicted octanol–water partition coefficient (Wildman–Crippen LogP) is 4.44. The number of pyridine rings is 2. The number of urea groups is 1. The Morgan fingerprint density at radius 3 is 2.83 bits per heavy atom. The van der Waals surface area contributed by atoms with Gasteiger partial charge in [0.25, 0.3) is 0 Å². The predicted molar refractivity (Wildman–Crippen MR) is 134 cm³/mol. The van der Waals surface area contributed by atoms with Crippen molar-refractivity contribution in [1.29, 1.82) is 0 Å². The van der Waals surface area contributed by atoms with E-state index in [1.165, 1.54) is 11.3 Å². The Hall–Kier alpha value is -3.48. The van der Waals surface area contributed by atoms with E-state index in [2.05, 4.69) is 50.3 Å². The summed E-state index contributed by atoms with van der Waals surface area (Å²) in [4.78, 5) is 24.4. The number of hydrogen-bond acceptors (Lipinski definition) is 4. The molecule has 35 heavy (non-hydrogen) atoms. The van der Waals surface area contributed by atoms with Crippen molar-refractivity contribution in [3.8, 4) is 11.3 Å². The summed E-state index contributed by atoms with van der Waals surface area (Å²) in [5.41, 5.74) is 6.58. The maximum absolute atomic E-state index is 13.4. The van der Waals surface area contributed by atoms with E-state index in [4.69, 9.17) is 5.10 Å². The van der Waals surface area contributed by atoms with Gasteiger partial charge in [0.15, 0.2) is 0 Å². The molecule has 1 unspecified atom stereocenters. The van der Waals surface area contributed by atoms with E-state index in [1.807, 2.05) is 23.4 Å². The third-order valence-electron chi connectivity index (χ3n) is 8.69. The van der Waals surface area contributed by atoms with Crippen molar-refractivity contribution in [3.63, 3.8) is 0 Å². The number of nitrogens with one attached hydrogen (secondary N) is 1. The summed E-state index contributed by atoms with van der Waals surface area (Å²) in [6, 6.07) is 8.59. The van der Waals surface area contributed by atoms with Gasteiger partial charge in [-0.3, -0.25) is 14.6 Å². The smallest absolute Gasteiger partial charge is 0.318 e. The molecule has 1 N–H and O–H groups in total. The van der Waals surface area contributed by atoms with E-state index < -0.39 is 0 Å². The number of likely N-dealkylation sites (tertiary alicyclic amines) is 1. The lowest BCUT2D eigenvalue weighted by atomic mass is 9.72. The lowest BCUT2D eigenvalue weighted by Crippen LogP contribution is -2.54. The normalized spacial score (nSPS) is 23.7. The fourth-order valence-electron chi connectivity index (χ4n) is 6.45. The number of aryl methyl sites for hydroxylation is 2. The number of amides is 2. The van der Waals surface area contributed by atoms with Gasteiger partial charge < -0.3 is 10.2 Å². The molecule has 1 spiro atoms. The number of nitrogens with zero attached hydrogens (tertiary/aromatic N) is 5. The molecule has 1 saturated carbocycles. The Morgan fingerprint density at radius 2 is 2.00 bits per heavy atom. The molecule has 3 aromatic heterocycles. The molecule has 0 radical (unpaired) electrons. The van der Waals surface area contributed by atoms with Crippen LogP contribution in [0.4, 0.5) is 4.79 Å². The van der Waals surface area contributed by atoms with Gasteiger partial charge in [0.1, 0.15) is 0 Å². The Morgan fingerprint density at radius 1 is 1.09 bits per heavy atom. The quantitative estimate of drug-likeness (QED) is 0.619. The van der Waals surface area contributed by atoms with E-state index in [0.717, 1.165) is 87.1 Å². The largest absolute Gasteiger partial charge is 0.328 e. The molecule has 7 nitrogen and oxygen atoms in total. The van der Waals surface area contributed by atoms with Crippen LogP contribution in [0.3, 0.4) is 0 Å². The average molecular weight is 467 g/mol. The molecule has 2 amide bonds. The molecule has 3 aromatic rings. The number of hydrogen-bond donors (Lipinski definition) is 1. The Labute approximate surface area is 205 Å². The van der Waals surface area contributed by atoms with Gasteiger partial charge in [0.05, 0.1) is 16.9 Å². The van der Waals surface area contributed by atoms with Gasteiger partial charge in [-0.1, -0.05) is 12.1 Å². The van der Waals surface area contributed by atoms with Crippen molar-refractivity contribution in [2.24, 2.45) is 0 Å². The highest BCUT2D eigenvalue weighted by molar-refractivity contribution is 5.76. The van der Waals surface area contributed by atoms with Gasteiger partial charge in [-0.25, -0.2) is 4.79 Å². The summed E-state index contributed by atoms with van der Waals surface area (Å²) in [5, 5.41) is 8.34. The van der Waals surface area contributed by atoms with E-state index in [1.54, 1.807) is 6.20 Å². The highest BCUT2D eigenvalue weighted by Gasteiger charge is 2.48. The molecule has 1 atom stereocenters. The van der Waals surface area contributed by atoms with Crippen molar-refractivity contribution < 1.29 is 4.79 Å². The average Bonchev–Trinajstić information content (AvgIpc) is 3.58. The second kappa shape index (κ2) is 7.77. The minimum atomic E-state index is -0.264. The van der Waals surface area contributed by atoms with Gasteiger partial charge in [-0.15, -0.1) is 0 Å². The minimum absolute atomic E-state index is 0.00591. The molecular formula is C28H30N6O. The van der Waals surface area contributed by atoms with Gasteiger partial charge in [-0.05, 0) is 80.3 Å². The zero-order chi connectivity index (χ0) is 23.5. The van der Waals surface area contributed by atoms with Gasteiger partial charge in [0.2, 0.25) is 0 Å². The standard InChI is InChI=1S/C28H30N6O/c35-26(31-28(8-4-9-28)22-6-3-12-29-18-22)33-13-10-27(19-33)11-14-34-25(27)16-24(32-34)21-15-20-5-1-2-7-23(20)30-17-21/h2-3,6-7,12,15-18H,1,4-5,8-11,13-14,19H2,(H,31,35). The Balaban J connectivity index is 1.11. The fourth-order valence-corrected chi connectivity index (χ4v) is 6.45. The first kappa shape index (κ1) is 20.9. The number of fused-ring (bicyclic) bond motifs is 3. The van der Waals surface area contributed by atoms with Gasteiger partial charge >= 0.3 is 6.03 Å². The van der Waals surface area contributed by atoms with Crippen molar-refractivity contribution in [3.05, 3.63) is 71.4 Å². The zero-order valence-electron chi connectivity index (χ0n) is 19.9. The maximum atomic E-state index is 13.4. The zero-order valence-corrected chi connectivity index (χ0v) is 19.9. The van der Waals surface area contributed by atoms with Crippen LogP contribution in [0.5, 0.6) is 0 Å². The fraction of sp³-hybridized carbons (Fsp3) is 0.429. The molecule has 1 saturated heterocycles. The van der Waals surface area contributed by atoms with Crippen LogP contribution in [0.25, 0.3) is 17.3 Å². The summed E-state index contributed by atoms with van der Waals surface area (Å²) in [6.07, 6.45) is 17.2. The maximum Gasteiger partial charge on any atom is 0.318 e. The third kappa shape index (κ3) is 3.32. The highest BCUT2D eigenvalue weighted by Crippen LogP contribution is 2.45. The van der Waals surface area contributed by atoms with Crippen LogP contribution in [0.2, 0.25) is 0 Å². The van der Waals surface area contributed by atoms with Gasteiger partial charge in [-0.2, -0.15) is 5.10 Å². The molecular weight excluding hydrogens is 436 g/mol. The van der Waals surface area contributed by atoms with Crippen LogP contribution in [0, 0.1) is 0 Å². The van der Waals surface area contributed by atoms with E-state index in [9.17, 15) is 4.79 Å². The topological polar surface area (TPSA) is 75.9 Å². The van der Waals surface area contributed by atoms with Crippen molar-refractivity contribution >= 4 is 12.1 Å². The molecule has 0 aromatic carbocycles. The number of carbonyl (C=O) groups is 1. The summed E-state index contributed by atoms with van der Waals surface area (Å²) in [5.74, 6) is 0. The second-order valence-corrected chi connectivity index (χ2v) is 10.7. The second-order valence-electron chi connectivity index (χ2n) is 10.7. The lowest BCUT2D eigenvalue weighted by Gasteiger charge is -2.43. The molecule has 0 bridgehead atoms. The number of aromatic nitrogens is 4. The first-order chi connectivity index (χ1) is 17.1. The van der Waals surface area contributed by atoms with E-state index >= 15 is 0 Å². The van der Waals surface area contributed by atoms with E-state index in [0.29, 0.717) is 0 Å². The first-order valence-electron chi connectivity index (χ1n) is 12.9.